The van der Waals surface area contributed by atoms with Gasteiger partial charge in [0.2, 0.25) is 0 Å². The van der Waals surface area contributed by atoms with Crippen LogP contribution >= 0.6 is 12.0 Å². The predicted octanol–water partition coefficient (Wildman–Crippen LogP) is 6.71. The lowest BCUT2D eigenvalue weighted by Crippen LogP contribution is -2.38. The summed E-state index contributed by atoms with van der Waals surface area (Å²) in [4.78, 5) is 10.3. The van der Waals surface area contributed by atoms with Gasteiger partial charge in [0.15, 0.2) is 0 Å². The van der Waals surface area contributed by atoms with Gasteiger partial charge >= 0.3 is 0 Å². The molecule has 2 aliphatic carbocycles. The number of aldehydes is 1. The highest BCUT2D eigenvalue weighted by Gasteiger charge is 2.43. The quantitative estimate of drug-likeness (QED) is 0.115. The van der Waals surface area contributed by atoms with Gasteiger partial charge in [-0.25, -0.2) is 5.26 Å². The Morgan fingerprint density at radius 2 is 1.33 bits per heavy atom. The Labute approximate surface area is 237 Å². The van der Waals surface area contributed by atoms with E-state index in [1.165, 1.54) is 44.5 Å². The molecule has 2 atom stereocenters. The van der Waals surface area contributed by atoms with Crippen LogP contribution in [0.1, 0.15) is 84.0 Å². The molecule has 2 aromatic carbocycles. The zero-order valence-electron chi connectivity index (χ0n) is 23.0. The van der Waals surface area contributed by atoms with Gasteiger partial charge in [0.1, 0.15) is 6.29 Å². The molecule has 0 saturated carbocycles. The average Bonchev–Trinajstić information content (AvgIpc) is 2.90. The van der Waals surface area contributed by atoms with E-state index in [0.29, 0.717) is 12.8 Å². The van der Waals surface area contributed by atoms with Crippen molar-refractivity contribution in [2.75, 3.05) is 12.9 Å². The Morgan fingerprint density at radius 1 is 0.897 bits per heavy atom. The molecule has 0 spiro atoms. The van der Waals surface area contributed by atoms with Gasteiger partial charge < -0.3 is 9.90 Å². The van der Waals surface area contributed by atoms with E-state index < -0.39 is 0 Å². The lowest BCUT2D eigenvalue weighted by Gasteiger charge is -2.39. The second-order valence-electron chi connectivity index (χ2n) is 10.1. The Kier molecular flexibility index (Phi) is 13.9. The van der Waals surface area contributed by atoms with Crippen molar-refractivity contribution in [1.82, 2.24) is 0 Å². The van der Waals surface area contributed by atoms with Crippen molar-refractivity contribution in [3.63, 3.8) is 0 Å². The van der Waals surface area contributed by atoms with Gasteiger partial charge in [0.05, 0.1) is 23.0 Å². The molecule has 0 amide bonds. The molecule has 0 radical (unpaired) electrons. The molecule has 39 heavy (non-hydrogen) atoms. The molecule has 7 nitrogen and oxygen atoms in total. The van der Waals surface area contributed by atoms with Crippen LogP contribution in [-0.2, 0) is 37.8 Å². The molecule has 212 valence electrons. The van der Waals surface area contributed by atoms with E-state index in [4.69, 9.17) is 10.4 Å². The van der Waals surface area contributed by atoms with Crippen LogP contribution in [0.4, 0.5) is 0 Å². The molecule has 0 heterocycles. The van der Waals surface area contributed by atoms with E-state index in [2.05, 4.69) is 73.5 Å². The number of unbranched alkanes of at least 4 members (excludes halogenated alkanes) is 1. The highest BCUT2D eigenvalue weighted by atomic mass is 32.2. The zero-order valence-corrected chi connectivity index (χ0v) is 23.8. The minimum Gasteiger partial charge on any atom is -0.396 e. The molecule has 0 aromatic heterocycles. The van der Waals surface area contributed by atoms with E-state index in [1.54, 1.807) is 6.26 Å². The molecule has 4 rings (SSSR count). The zero-order chi connectivity index (χ0) is 28.3. The van der Waals surface area contributed by atoms with Crippen molar-refractivity contribution in [1.29, 1.82) is 10.5 Å². The van der Waals surface area contributed by atoms with Gasteiger partial charge in [-0.05, 0) is 111 Å². The van der Waals surface area contributed by atoms with E-state index in [-0.39, 0.29) is 24.9 Å². The first-order valence-electron chi connectivity index (χ1n) is 12.8. The normalized spacial score (nSPS) is 19.4. The third-order valence-electron chi connectivity index (χ3n) is 7.67. The summed E-state index contributed by atoms with van der Waals surface area (Å²) in [5.74, 6) is 0. The van der Waals surface area contributed by atoms with Crippen LogP contribution in [0.3, 0.4) is 0 Å². The van der Waals surface area contributed by atoms with Crippen molar-refractivity contribution in [2.24, 2.45) is 0 Å². The fourth-order valence-corrected chi connectivity index (χ4v) is 5.28. The monoisotopic (exact) mass is 554 g/mol. The van der Waals surface area contributed by atoms with Crippen molar-refractivity contribution in [3.05, 3.63) is 68.8 Å². The molecule has 2 N–H and O–H groups in total. The summed E-state index contributed by atoms with van der Waals surface area (Å²) in [5, 5.41) is 38.1. The summed E-state index contributed by atoms with van der Waals surface area (Å²) in [5.41, 5.74) is 9.44. The minimum absolute atomic E-state index is 0. The third-order valence-corrected chi connectivity index (χ3v) is 7.87. The second-order valence-corrected chi connectivity index (χ2v) is 10.6. The van der Waals surface area contributed by atoms with E-state index in [9.17, 15) is 15.3 Å². The Balaban J connectivity index is 0.000000327. The first-order valence-corrected chi connectivity index (χ1v) is 13.9. The Hall–Kier alpha value is -2.72. The largest absolute Gasteiger partial charge is 0.396 e. The summed E-state index contributed by atoms with van der Waals surface area (Å²) in [6.45, 7) is 8.55. The van der Waals surface area contributed by atoms with Gasteiger partial charge in [0, 0.05) is 31.3 Å². The van der Waals surface area contributed by atoms with E-state index >= 15 is 0 Å². The fraction of sp³-hybridized carbons (Fsp3) is 0.516. The number of aryl methyl sites for hydroxylation is 4. The van der Waals surface area contributed by atoms with Crippen LogP contribution in [0.2, 0.25) is 0 Å². The molecule has 2 aliphatic rings. The first kappa shape index (κ1) is 34.3. The lowest BCUT2D eigenvalue weighted by atomic mass is 9.62. The van der Waals surface area contributed by atoms with Gasteiger partial charge in [-0.1, -0.05) is 36.7 Å². The molecule has 2 aromatic rings. The SMILES string of the molecule is C.CSOOO.Cc1cc2c(cc1C)C(C#N)(CCCC=O)C2.Cc1cc2c(cc1C)C(C#N)(CCCO)C2. The number of carbonyl (C=O) groups excluding carboxylic acids is 1. The van der Waals surface area contributed by atoms with Gasteiger partial charge in [-0.3, -0.25) is 0 Å². The number of aliphatic hydroxyl groups excluding tert-OH is 1. The van der Waals surface area contributed by atoms with Crippen LogP contribution in [0.25, 0.3) is 0 Å². The average molecular weight is 555 g/mol. The van der Waals surface area contributed by atoms with Crippen molar-refractivity contribution in [2.45, 2.75) is 90.9 Å². The highest BCUT2D eigenvalue weighted by Crippen LogP contribution is 2.46. The maximum atomic E-state index is 10.3. The van der Waals surface area contributed by atoms with Gasteiger partial charge in [-0.2, -0.15) is 10.5 Å². The number of carbonyl (C=O) groups is 1. The summed E-state index contributed by atoms with van der Waals surface area (Å²) in [6, 6.07) is 13.6. The van der Waals surface area contributed by atoms with Gasteiger partial charge in [-0.15, -0.1) is 4.33 Å². The van der Waals surface area contributed by atoms with E-state index in [0.717, 1.165) is 50.4 Å². The molecular formula is C31H42N2O5S. The smallest absolute Gasteiger partial charge is 0.119 e. The van der Waals surface area contributed by atoms with Crippen molar-refractivity contribution in [3.8, 4) is 12.1 Å². The maximum absolute atomic E-state index is 10.3. The highest BCUT2D eigenvalue weighted by molar-refractivity contribution is 7.93. The molecule has 0 aliphatic heterocycles. The van der Waals surface area contributed by atoms with Crippen LogP contribution in [0.5, 0.6) is 0 Å². The fourth-order valence-electron chi connectivity index (χ4n) is 5.22. The number of nitrogens with zero attached hydrogens (tertiary/aromatic N) is 2. The number of aliphatic hydroxyl groups is 1. The van der Waals surface area contributed by atoms with Crippen LogP contribution in [0, 0.1) is 50.4 Å². The molecule has 0 saturated heterocycles. The van der Waals surface area contributed by atoms with Crippen molar-refractivity contribution < 1.29 is 24.5 Å². The third kappa shape index (κ3) is 7.91. The van der Waals surface area contributed by atoms with Crippen molar-refractivity contribution >= 4 is 18.3 Å². The summed E-state index contributed by atoms with van der Waals surface area (Å²) < 4.78 is 3.81. The molecule has 0 fully saturated rings. The Morgan fingerprint density at radius 3 is 1.67 bits per heavy atom. The standard InChI is InChI=1S/C15H17NO.C14H17NO.CH4O3S.CH4/c1-11-7-13-9-15(10-16,5-3-4-6-17)14(13)8-12(11)2;1-10-6-12-8-14(9-15,4-3-5-16)13(12)7-11(10)2;1-5-4-3-2;/h6-8H,3-5,9H2,1-2H3;6-7,16H,3-5,8H2,1-2H3;2H,1H3;1H4. The minimum atomic E-state index is -0.323. The number of hydrogen-bond donors (Lipinski definition) is 2. The Bertz CT molecular complexity index is 1200. The number of benzene rings is 2. The summed E-state index contributed by atoms with van der Waals surface area (Å²) in [6.07, 6.45) is 7.90. The lowest BCUT2D eigenvalue weighted by molar-refractivity contribution is -0.432. The van der Waals surface area contributed by atoms with Gasteiger partial charge in [0.25, 0.3) is 0 Å². The summed E-state index contributed by atoms with van der Waals surface area (Å²) >= 11 is 0.929. The predicted molar refractivity (Wildman–Crippen MR) is 155 cm³/mol. The number of rotatable bonds is 9. The molecular weight excluding hydrogens is 512 g/mol. The topological polar surface area (TPSA) is 124 Å². The molecule has 0 bridgehead atoms. The number of hydrogen-bond acceptors (Lipinski definition) is 8. The maximum Gasteiger partial charge on any atom is 0.119 e. The van der Waals surface area contributed by atoms with Crippen LogP contribution in [0.15, 0.2) is 24.3 Å². The molecule has 8 heteroatoms. The van der Waals surface area contributed by atoms with Crippen LogP contribution < -0.4 is 0 Å². The number of fused-ring (bicyclic) bond motifs is 2. The molecule has 2 unspecified atom stereocenters. The first-order chi connectivity index (χ1) is 18.2. The van der Waals surface area contributed by atoms with E-state index in [1.807, 2.05) is 0 Å². The number of nitriles is 2. The summed E-state index contributed by atoms with van der Waals surface area (Å²) in [7, 11) is 0. The second kappa shape index (κ2) is 15.8. The van der Waals surface area contributed by atoms with Crippen LogP contribution in [-0.4, -0.2) is 29.5 Å².